The number of nitrogens with one attached hydrogen (secondary N) is 1. The van der Waals surface area contributed by atoms with Gasteiger partial charge >= 0.3 is 7.82 Å². The minimum atomic E-state index is -4.32. The Bertz CT molecular complexity index is 724. The molecule has 0 bridgehead atoms. The number of carbonyl (C=O) groups is 1. The lowest BCUT2D eigenvalue weighted by molar-refractivity contribution is -0.123. The first-order valence-corrected chi connectivity index (χ1v) is 20.3. The molecule has 0 rings (SSSR count). The molecule has 8 nitrogen and oxygen atoms in total. The molecule has 45 heavy (non-hydrogen) atoms. The Hall–Kier alpha value is -0.760. The number of phosphoric acid groups is 1. The topological polar surface area (TPSA) is 131 Å². The molecule has 0 aliphatic carbocycles. The number of amides is 1. The fraction of sp³-hybridized carbons (Fsp3) is 0.917. The van der Waals surface area contributed by atoms with Crippen molar-refractivity contribution in [3.8, 4) is 0 Å². The molecule has 268 valence electrons. The predicted molar refractivity (Wildman–Crippen MR) is 189 cm³/mol. The molecule has 3 atom stereocenters. The molecule has 0 aromatic heterocycles. The molecule has 9 heteroatoms. The van der Waals surface area contributed by atoms with Gasteiger partial charge in [0, 0.05) is 13.0 Å². The summed E-state index contributed by atoms with van der Waals surface area (Å²) in [5.74, 6) is -0.195. The van der Waals surface area contributed by atoms with Crippen LogP contribution in [0.2, 0.25) is 0 Å². The van der Waals surface area contributed by atoms with Crippen LogP contribution in [0, 0.1) is 0 Å². The van der Waals surface area contributed by atoms with Crippen LogP contribution >= 0.6 is 7.82 Å². The van der Waals surface area contributed by atoms with E-state index in [-0.39, 0.29) is 25.7 Å². The minimum Gasteiger partial charge on any atom is -0.387 e. The molecule has 0 spiro atoms. The van der Waals surface area contributed by atoms with Gasteiger partial charge in [-0.3, -0.25) is 13.8 Å². The first-order chi connectivity index (χ1) is 21.9. The van der Waals surface area contributed by atoms with Gasteiger partial charge < -0.3 is 21.1 Å². The summed E-state index contributed by atoms with van der Waals surface area (Å²) in [7, 11) is -4.32. The molecule has 1 unspecified atom stereocenters. The van der Waals surface area contributed by atoms with Crippen LogP contribution in [0.1, 0.15) is 181 Å². The first-order valence-electron chi connectivity index (χ1n) is 18.8. The van der Waals surface area contributed by atoms with E-state index in [1.54, 1.807) is 6.08 Å². The Morgan fingerprint density at radius 1 is 0.711 bits per heavy atom. The Morgan fingerprint density at radius 2 is 1.13 bits per heavy atom. The molecule has 0 aromatic rings. The summed E-state index contributed by atoms with van der Waals surface area (Å²) in [6.45, 7) is 4.12. The number of unbranched alkanes of at least 4 members (excludes halogenated alkanes) is 23. The summed E-state index contributed by atoms with van der Waals surface area (Å²) in [6, 6.07) is -0.852. The molecule has 0 saturated heterocycles. The van der Waals surface area contributed by atoms with E-state index in [0.717, 1.165) is 38.5 Å². The highest BCUT2D eigenvalue weighted by Gasteiger charge is 2.26. The minimum absolute atomic E-state index is 0.0809. The number of aliphatic hydroxyl groups excluding tert-OH is 1. The highest BCUT2D eigenvalue weighted by atomic mass is 31.2. The molecule has 0 saturated carbocycles. The van der Waals surface area contributed by atoms with Gasteiger partial charge in [-0.1, -0.05) is 167 Å². The van der Waals surface area contributed by atoms with E-state index in [1.807, 2.05) is 6.08 Å². The van der Waals surface area contributed by atoms with Crippen molar-refractivity contribution in [3.05, 3.63) is 12.2 Å². The Labute approximate surface area is 277 Å². The van der Waals surface area contributed by atoms with Gasteiger partial charge in [-0.15, -0.1) is 0 Å². The van der Waals surface area contributed by atoms with Gasteiger partial charge in [0.05, 0.1) is 25.4 Å². The molecule has 5 N–H and O–H groups in total. The van der Waals surface area contributed by atoms with E-state index in [9.17, 15) is 19.4 Å². The van der Waals surface area contributed by atoms with E-state index in [0.29, 0.717) is 6.42 Å². The zero-order valence-corrected chi connectivity index (χ0v) is 30.3. The van der Waals surface area contributed by atoms with Crippen molar-refractivity contribution >= 4 is 13.7 Å². The molecule has 0 aliphatic heterocycles. The Balaban J connectivity index is 4.31. The van der Waals surface area contributed by atoms with E-state index >= 15 is 0 Å². The van der Waals surface area contributed by atoms with Gasteiger partial charge in [0.1, 0.15) is 0 Å². The molecule has 0 aliphatic rings. The SMILES string of the molecule is CCCCCCCCCCCCCCC/C=C/[C@@H](O)[C@H](COP(=O)(O)OCCN)NC(=O)CCCCCCCCCCCCC. The maximum Gasteiger partial charge on any atom is 0.472 e. The van der Waals surface area contributed by atoms with Crippen LogP contribution in [0.25, 0.3) is 0 Å². The summed E-state index contributed by atoms with van der Waals surface area (Å²) >= 11 is 0. The molecule has 1 amide bonds. The van der Waals surface area contributed by atoms with Crippen molar-refractivity contribution in [2.75, 3.05) is 19.8 Å². The van der Waals surface area contributed by atoms with Crippen molar-refractivity contribution in [3.63, 3.8) is 0 Å². The smallest absolute Gasteiger partial charge is 0.387 e. The van der Waals surface area contributed by atoms with Crippen molar-refractivity contribution in [1.29, 1.82) is 0 Å². The number of hydrogen-bond acceptors (Lipinski definition) is 6. The molecule has 0 radical (unpaired) electrons. The molecule has 0 fully saturated rings. The number of phosphoric ester groups is 1. The van der Waals surface area contributed by atoms with Crippen LogP contribution in [-0.2, 0) is 18.4 Å². The van der Waals surface area contributed by atoms with Crippen LogP contribution in [0.5, 0.6) is 0 Å². The van der Waals surface area contributed by atoms with Gasteiger partial charge in [-0.05, 0) is 19.3 Å². The van der Waals surface area contributed by atoms with Gasteiger partial charge in [-0.2, -0.15) is 0 Å². The normalized spacial score (nSPS) is 14.5. The zero-order valence-electron chi connectivity index (χ0n) is 29.4. The maximum atomic E-state index is 12.6. The predicted octanol–water partition coefficient (Wildman–Crippen LogP) is 9.66. The second-order valence-corrected chi connectivity index (χ2v) is 14.2. The quantitative estimate of drug-likeness (QED) is 0.0302. The highest BCUT2D eigenvalue weighted by Crippen LogP contribution is 2.43. The molecular formula is C36H73N2O6P. The lowest BCUT2D eigenvalue weighted by atomic mass is 10.0. The summed E-state index contributed by atoms with van der Waals surface area (Å²) in [5, 5.41) is 13.6. The van der Waals surface area contributed by atoms with Gasteiger partial charge in [0.25, 0.3) is 0 Å². The van der Waals surface area contributed by atoms with E-state index in [1.165, 1.54) is 122 Å². The third-order valence-electron chi connectivity index (χ3n) is 8.36. The third-order valence-corrected chi connectivity index (χ3v) is 9.35. The first kappa shape index (κ1) is 44.2. The number of allylic oxidation sites excluding steroid dienone is 1. The van der Waals surface area contributed by atoms with Gasteiger partial charge in [0.15, 0.2) is 0 Å². The zero-order chi connectivity index (χ0) is 33.3. The average molecular weight is 661 g/mol. The van der Waals surface area contributed by atoms with Crippen molar-refractivity contribution in [1.82, 2.24) is 5.32 Å². The monoisotopic (exact) mass is 661 g/mol. The molecular weight excluding hydrogens is 587 g/mol. The Morgan fingerprint density at radius 3 is 1.58 bits per heavy atom. The lowest BCUT2D eigenvalue weighted by Crippen LogP contribution is -2.45. The largest absolute Gasteiger partial charge is 0.472 e. The van der Waals surface area contributed by atoms with Crippen LogP contribution in [0.15, 0.2) is 12.2 Å². The van der Waals surface area contributed by atoms with Gasteiger partial charge in [0.2, 0.25) is 5.91 Å². The van der Waals surface area contributed by atoms with Crippen LogP contribution < -0.4 is 11.1 Å². The van der Waals surface area contributed by atoms with Crippen molar-refractivity contribution in [2.45, 2.75) is 193 Å². The number of nitrogens with two attached hydrogens (primary N) is 1. The fourth-order valence-electron chi connectivity index (χ4n) is 5.48. The lowest BCUT2D eigenvalue weighted by Gasteiger charge is -2.23. The second kappa shape index (κ2) is 33.2. The van der Waals surface area contributed by atoms with E-state index in [4.69, 9.17) is 14.8 Å². The fourth-order valence-corrected chi connectivity index (χ4v) is 6.24. The van der Waals surface area contributed by atoms with Crippen LogP contribution in [0.4, 0.5) is 0 Å². The maximum absolute atomic E-state index is 12.6. The van der Waals surface area contributed by atoms with E-state index in [2.05, 4.69) is 19.2 Å². The second-order valence-electron chi connectivity index (χ2n) is 12.8. The summed E-state index contributed by atoms with van der Waals surface area (Å²) in [4.78, 5) is 22.5. The Kier molecular flexibility index (Phi) is 32.6. The highest BCUT2D eigenvalue weighted by molar-refractivity contribution is 7.47. The summed E-state index contributed by atoms with van der Waals surface area (Å²) in [6.07, 6.45) is 33.9. The number of rotatable bonds is 35. The van der Waals surface area contributed by atoms with Crippen LogP contribution in [-0.4, -0.2) is 47.8 Å². The van der Waals surface area contributed by atoms with Crippen molar-refractivity contribution < 1.29 is 28.4 Å². The summed E-state index contributed by atoms with van der Waals surface area (Å²) in [5.41, 5.74) is 5.35. The average Bonchev–Trinajstić information content (AvgIpc) is 3.02. The number of carbonyl (C=O) groups excluding carboxylic acids is 1. The van der Waals surface area contributed by atoms with Gasteiger partial charge in [-0.25, -0.2) is 4.57 Å². The standard InChI is InChI=1S/C36H73N2O6P/c1-3-5-7-9-11-13-15-16-17-18-20-21-23-25-27-29-35(39)34(33-44-45(41,42)43-32-31-37)38-36(40)30-28-26-24-22-19-14-12-10-8-6-4-2/h27,29,34-35,39H,3-26,28,30-33,37H2,1-2H3,(H,38,40)(H,41,42)/b29-27+/t34-,35+/m0/s1. The van der Waals surface area contributed by atoms with E-state index < -0.39 is 20.0 Å². The molecule has 0 heterocycles. The molecule has 0 aromatic carbocycles. The number of hydrogen-bond donors (Lipinski definition) is 4. The summed E-state index contributed by atoms with van der Waals surface area (Å²) < 4.78 is 22.0. The van der Waals surface area contributed by atoms with Crippen LogP contribution in [0.3, 0.4) is 0 Å². The van der Waals surface area contributed by atoms with Crippen molar-refractivity contribution in [2.24, 2.45) is 5.73 Å². The third kappa shape index (κ3) is 31.6. The number of aliphatic hydroxyl groups is 1.